The molecule has 0 saturated heterocycles. The summed E-state index contributed by atoms with van der Waals surface area (Å²) in [6, 6.07) is 13.9. The fourth-order valence-corrected chi connectivity index (χ4v) is 4.24. The number of carbonyl (C=O) groups excluding carboxylic acids is 1. The molecular weight excluding hydrogens is 469 g/mol. The van der Waals surface area contributed by atoms with E-state index in [1.807, 2.05) is 12.1 Å². The van der Waals surface area contributed by atoms with Crippen LogP contribution in [0.25, 0.3) is 0 Å². The van der Waals surface area contributed by atoms with E-state index < -0.39 is 21.7 Å². The molecule has 0 saturated carbocycles. The summed E-state index contributed by atoms with van der Waals surface area (Å²) in [7, 11) is -4.03. The number of nitrogens with one attached hydrogen (secondary N) is 2. The van der Waals surface area contributed by atoms with Crippen LogP contribution in [0, 0.1) is 5.82 Å². The summed E-state index contributed by atoms with van der Waals surface area (Å²) >= 11 is 6.12. The van der Waals surface area contributed by atoms with Crippen LogP contribution in [-0.4, -0.2) is 29.1 Å². The van der Waals surface area contributed by atoms with Gasteiger partial charge in [-0.15, -0.1) is 0 Å². The highest BCUT2D eigenvalue weighted by Crippen LogP contribution is 2.26. The molecule has 2 aromatic heterocycles. The van der Waals surface area contributed by atoms with Crippen molar-refractivity contribution in [1.29, 1.82) is 0 Å². The molecule has 0 radical (unpaired) electrons. The van der Waals surface area contributed by atoms with Gasteiger partial charge in [-0.2, -0.15) is 5.10 Å². The first-order chi connectivity index (χ1) is 15.8. The monoisotopic (exact) mass is 485 g/mol. The van der Waals surface area contributed by atoms with Gasteiger partial charge < -0.3 is 5.32 Å². The van der Waals surface area contributed by atoms with Crippen molar-refractivity contribution in [3.63, 3.8) is 0 Å². The minimum Gasteiger partial charge on any atom is -0.305 e. The van der Waals surface area contributed by atoms with Crippen molar-refractivity contribution in [2.24, 2.45) is 0 Å². The van der Waals surface area contributed by atoms with E-state index in [2.05, 4.69) is 20.1 Å². The number of anilines is 2. The molecule has 0 spiro atoms. The lowest BCUT2D eigenvalue weighted by molar-refractivity contribution is 0.102. The Balaban J connectivity index is 1.48. The normalized spacial score (nSPS) is 11.2. The molecule has 4 rings (SSSR count). The van der Waals surface area contributed by atoms with Gasteiger partial charge in [0, 0.05) is 30.2 Å². The lowest BCUT2D eigenvalue weighted by atomic mass is 10.2. The van der Waals surface area contributed by atoms with Gasteiger partial charge in [-0.25, -0.2) is 12.8 Å². The van der Waals surface area contributed by atoms with Gasteiger partial charge in [0.05, 0.1) is 22.2 Å². The van der Waals surface area contributed by atoms with Crippen LogP contribution in [0.5, 0.6) is 0 Å². The first kappa shape index (κ1) is 22.4. The van der Waals surface area contributed by atoms with E-state index in [1.54, 1.807) is 29.3 Å². The molecule has 0 bridgehead atoms. The Bertz CT molecular complexity index is 1390. The van der Waals surface area contributed by atoms with Gasteiger partial charge in [0.25, 0.3) is 15.9 Å². The molecule has 168 valence electrons. The van der Waals surface area contributed by atoms with E-state index >= 15 is 0 Å². The van der Waals surface area contributed by atoms with E-state index in [4.69, 9.17) is 11.6 Å². The standard InChI is InChI=1S/C22H17ClFN5O3S/c23-19-8-3-16(12-20(19)28-33(31,32)18-6-4-17(24)5-7-18)22(30)26-21-9-11-29(27-21)14-15-2-1-10-25-13-15/h1-13,28H,14H2,(H,26,27,30). The third kappa shape index (κ3) is 5.54. The second kappa shape index (κ2) is 9.39. The predicted octanol–water partition coefficient (Wildman–Crippen LogP) is 4.17. The number of carbonyl (C=O) groups is 1. The van der Waals surface area contributed by atoms with Gasteiger partial charge in [0.1, 0.15) is 5.82 Å². The molecule has 2 N–H and O–H groups in total. The maximum Gasteiger partial charge on any atom is 0.261 e. The maximum absolute atomic E-state index is 13.1. The number of amides is 1. The topological polar surface area (TPSA) is 106 Å². The molecule has 0 fully saturated rings. The molecular formula is C22H17ClFN5O3S. The van der Waals surface area contributed by atoms with Gasteiger partial charge in [0.2, 0.25) is 0 Å². The molecule has 2 heterocycles. The summed E-state index contributed by atoms with van der Waals surface area (Å²) in [5.41, 5.74) is 1.13. The van der Waals surface area contributed by atoms with Crippen LogP contribution < -0.4 is 10.0 Å². The highest BCUT2D eigenvalue weighted by molar-refractivity contribution is 7.92. The van der Waals surface area contributed by atoms with Gasteiger partial charge in [-0.05, 0) is 54.1 Å². The van der Waals surface area contributed by atoms with Crippen molar-refractivity contribution in [3.8, 4) is 0 Å². The summed E-state index contributed by atoms with van der Waals surface area (Å²) in [5, 5.41) is 7.06. The van der Waals surface area contributed by atoms with Gasteiger partial charge >= 0.3 is 0 Å². The van der Waals surface area contributed by atoms with Crippen molar-refractivity contribution in [3.05, 3.63) is 101 Å². The lowest BCUT2D eigenvalue weighted by Gasteiger charge is -2.11. The Kier molecular flexibility index (Phi) is 6.38. The molecule has 11 heteroatoms. The molecule has 33 heavy (non-hydrogen) atoms. The summed E-state index contributed by atoms with van der Waals surface area (Å²) in [6.45, 7) is 0.486. The van der Waals surface area contributed by atoms with Crippen LogP contribution in [0.2, 0.25) is 5.02 Å². The quantitative estimate of drug-likeness (QED) is 0.408. The highest BCUT2D eigenvalue weighted by atomic mass is 35.5. The molecule has 2 aromatic carbocycles. The lowest BCUT2D eigenvalue weighted by Crippen LogP contribution is -2.16. The number of rotatable bonds is 7. The van der Waals surface area contributed by atoms with Crippen LogP contribution in [0.1, 0.15) is 15.9 Å². The van der Waals surface area contributed by atoms with Gasteiger partial charge in [-0.3, -0.25) is 19.2 Å². The second-order valence-corrected chi connectivity index (χ2v) is 9.06. The predicted molar refractivity (Wildman–Crippen MR) is 122 cm³/mol. The molecule has 4 aromatic rings. The Morgan fingerprint density at radius 2 is 1.88 bits per heavy atom. The minimum absolute atomic E-state index is 0.00995. The Morgan fingerprint density at radius 1 is 1.09 bits per heavy atom. The zero-order chi connectivity index (χ0) is 23.4. The number of hydrogen-bond acceptors (Lipinski definition) is 5. The Morgan fingerprint density at radius 3 is 2.61 bits per heavy atom. The average molecular weight is 486 g/mol. The number of aromatic nitrogens is 3. The van der Waals surface area contributed by atoms with Crippen LogP contribution >= 0.6 is 11.6 Å². The van der Waals surface area contributed by atoms with Crippen molar-refractivity contribution in [1.82, 2.24) is 14.8 Å². The number of sulfonamides is 1. The minimum atomic E-state index is -4.03. The maximum atomic E-state index is 13.1. The van der Waals surface area contributed by atoms with E-state index in [1.165, 1.54) is 18.2 Å². The average Bonchev–Trinajstić information content (AvgIpc) is 3.22. The molecule has 8 nitrogen and oxygen atoms in total. The largest absolute Gasteiger partial charge is 0.305 e. The molecule has 0 atom stereocenters. The van der Waals surface area contributed by atoms with E-state index in [0.717, 1.165) is 29.8 Å². The summed E-state index contributed by atoms with van der Waals surface area (Å²) in [5.74, 6) is -0.735. The number of hydrogen-bond donors (Lipinski definition) is 2. The molecule has 0 unspecified atom stereocenters. The molecule has 0 aliphatic heterocycles. The third-order valence-corrected chi connectivity index (χ3v) is 6.26. The second-order valence-electron chi connectivity index (χ2n) is 6.97. The Labute approximate surface area is 194 Å². The van der Waals surface area contributed by atoms with Crippen molar-refractivity contribution in [2.75, 3.05) is 10.0 Å². The van der Waals surface area contributed by atoms with Crippen LogP contribution in [0.15, 0.2) is 84.1 Å². The number of nitrogens with zero attached hydrogens (tertiary/aromatic N) is 3. The molecule has 0 aliphatic rings. The molecule has 1 amide bonds. The first-order valence-electron chi connectivity index (χ1n) is 9.62. The van der Waals surface area contributed by atoms with Crippen molar-refractivity contribution in [2.45, 2.75) is 11.4 Å². The highest BCUT2D eigenvalue weighted by Gasteiger charge is 2.18. The fraction of sp³-hybridized carbons (Fsp3) is 0.0455. The summed E-state index contributed by atoms with van der Waals surface area (Å²) < 4.78 is 42.2. The smallest absolute Gasteiger partial charge is 0.261 e. The fourth-order valence-electron chi connectivity index (χ4n) is 2.95. The van der Waals surface area contributed by atoms with Crippen molar-refractivity contribution >= 4 is 39.0 Å². The Hall–Kier alpha value is -3.76. The summed E-state index contributed by atoms with van der Waals surface area (Å²) in [6.07, 6.45) is 5.12. The van der Waals surface area contributed by atoms with Crippen LogP contribution in [-0.2, 0) is 16.6 Å². The van der Waals surface area contributed by atoms with Crippen LogP contribution in [0.4, 0.5) is 15.9 Å². The van der Waals surface area contributed by atoms with Gasteiger partial charge in [-0.1, -0.05) is 17.7 Å². The number of benzene rings is 2. The summed E-state index contributed by atoms with van der Waals surface area (Å²) in [4.78, 5) is 16.6. The van der Waals surface area contributed by atoms with Crippen molar-refractivity contribution < 1.29 is 17.6 Å². The first-order valence-corrected chi connectivity index (χ1v) is 11.5. The van der Waals surface area contributed by atoms with Gasteiger partial charge in [0.15, 0.2) is 5.82 Å². The van der Waals surface area contributed by atoms with Crippen LogP contribution in [0.3, 0.4) is 0 Å². The number of halogens is 2. The number of pyridine rings is 1. The zero-order valence-corrected chi connectivity index (χ0v) is 18.5. The SMILES string of the molecule is O=C(Nc1ccn(Cc2cccnc2)n1)c1ccc(Cl)c(NS(=O)(=O)c2ccc(F)cc2)c1. The third-order valence-electron chi connectivity index (χ3n) is 4.55. The van der Waals surface area contributed by atoms with E-state index in [0.29, 0.717) is 12.4 Å². The van der Waals surface area contributed by atoms with E-state index in [-0.39, 0.29) is 21.2 Å². The zero-order valence-electron chi connectivity index (χ0n) is 16.9. The van der Waals surface area contributed by atoms with E-state index in [9.17, 15) is 17.6 Å². The molecule has 0 aliphatic carbocycles.